The summed E-state index contributed by atoms with van der Waals surface area (Å²) >= 11 is 5.78. The minimum Gasteiger partial charge on any atom is -0.484 e. The van der Waals surface area contributed by atoms with Gasteiger partial charge in [-0.25, -0.2) is 8.42 Å². The van der Waals surface area contributed by atoms with E-state index in [0.29, 0.717) is 16.5 Å². The summed E-state index contributed by atoms with van der Waals surface area (Å²) < 4.78 is 31.4. The molecule has 2 aromatic carbocycles. The van der Waals surface area contributed by atoms with Crippen molar-refractivity contribution in [3.8, 4) is 5.75 Å². The molecule has 2 aromatic rings. The Balaban J connectivity index is 1.96. The van der Waals surface area contributed by atoms with Gasteiger partial charge in [0.05, 0.1) is 4.90 Å². The van der Waals surface area contributed by atoms with E-state index in [-0.39, 0.29) is 23.5 Å². The summed E-state index contributed by atoms with van der Waals surface area (Å²) in [5.74, 6) is 0.178. The maximum atomic E-state index is 12.4. The van der Waals surface area contributed by atoms with Crippen molar-refractivity contribution in [2.45, 2.75) is 24.8 Å². The summed E-state index contributed by atoms with van der Waals surface area (Å²) in [6.07, 6.45) is 0. The van der Waals surface area contributed by atoms with Crippen LogP contribution in [0.4, 0.5) is 5.69 Å². The minimum atomic E-state index is -3.55. The van der Waals surface area contributed by atoms with Crippen LogP contribution >= 0.6 is 11.6 Å². The normalized spacial score (nSPS) is 11.6. The van der Waals surface area contributed by atoms with Gasteiger partial charge in [-0.3, -0.25) is 4.79 Å². The zero-order valence-electron chi connectivity index (χ0n) is 14.8. The molecule has 0 aliphatic heterocycles. The molecule has 2 rings (SSSR count). The van der Waals surface area contributed by atoms with E-state index in [1.807, 2.05) is 0 Å². The molecule has 0 fully saturated rings. The monoisotopic (exact) mass is 396 g/mol. The van der Waals surface area contributed by atoms with E-state index in [1.165, 1.54) is 23.5 Å². The number of nitrogens with one attached hydrogen (secondary N) is 1. The van der Waals surface area contributed by atoms with Crippen molar-refractivity contribution < 1.29 is 17.9 Å². The third kappa shape index (κ3) is 5.20. The van der Waals surface area contributed by atoms with E-state index in [9.17, 15) is 13.2 Å². The minimum absolute atomic E-state index is 0.149. The SMILES string of the molecule is CC(C)N(C)S(=O)(=O)c1ccc(NC(=O)COc2ccc(Cl)cc2)cc1. The average Bonchev–Trinajstić information content (AvgIpc) is 2.61. The molecule has 0 atom stereocenters. The van der Waals surface area contributed by atoms with E-state index < -0.39 is 10.0 Å². The molecule has 6 nitrogen and oxygen atoms in total. The van der Waals surface area contributed by atoms with Crippen molar-refractivity contribution >= 4 is 33.2 Å². The molecule has 0 saturated carbocycles. The molecule has 8 heteroatoms. The highest BCUT2D eigenvalue weighted by Crippen LogP contribution is 2.19. The second kappa shape index (κ2) is 8.53. The Kier molecular flexibility index (Phi) is 6.63. The fourth-order valence-electron chi connectivity index (χ4n) is 2.03. The topological polar surface area (TPSA) is 75.7 Å². The van der Waals surface area contributed by atoms with E-state index in [2.05, 4.69) is 5.32 Å². The third-order valence-corrected chi connectivity index (χ3v) is 6.03. The number of carbonyl (C=O) groups is 1. The molecule has 0 saturated heterocycles. The number of amides is 1. The summed E-state index contributed by atoms with van der Waals surface area (Å²) in [5.41, 5.74) is 0.487. The van der Waals surface area contributed by atoms with Gasteiger partial charge in [0.25, 0.3) is 5.91 Å². The number of nitrogens with zero attached hydrogens (tertiary/aromatic N) is 1. The van der Waals surface area contributed by atoms with Crippen LogP contribution < -0.4 is 10.1 Å². The van der Waals surface area contributed by atoms with Gasteiger partial charge in [-0.2, -0.15) is 4.31 Å². The highest BCUT2D eigenvalue weighted by molar-refractivity contribution is 7.89. The van der Waals surface area contributed by atoms with Crippen LogP contribution in [-0.2, 0) is 14.8 Å². The number of sulfonamides is 1. The lowest BCUT2D eigenvalue weighted by atomic mass is 10.3. The van der Waals surface area contributed by atoms with Gasteiger partial charge in [0.2, 0.25) is 10.0 Å². The van der Waals surface area contributed by atoms with Crippen molar-refractivity contribution in [2.75, 3.05) is 19.0 Å². The quantitative estimate of drug-likeness (QED) is 0.778. The van der Waals surface area contributed by atoms with Gasteiger partial charge < -0.3 is 10.1 Å². The van der Waals surface area contributed by atoms with Crippen LogP contribution in [0.25, 0.3) is 0 Å². The Morgan fingerprint density at radius 3 is 2.23 bits per heavy atom. The first-order valence-corrected chi connectivity index (χ1v) is 9.78. The first-order chi connectivity index (χ1) is 12.2. The second-order valence-electron chi connectivity index (χ2n) is 5.93. The van der Waals surface area contributed by atoms with Gasteiger partial charge in [-0.1, -0.05) is 11.6 Å². The maximum absolute atomic E-state index is 12.4. The number of ether oxygens (including phenoxy) is 1. The molecular weight excluding hydrogens is 376 g/mol. The van der Waals surface area contributed by atoms with Crippen molar-refractivity contribution in [2.24, 2.45) is 0 Å². The Morgan fingerprint density at radius 2 is 1.69 bits per heavy atom. The van der Waals surface area contributed by atoms with Gasteiger partial charge in [0.15, 0.2) is 6.61 Å². The highest BCUT2D eigenvalue weighted by atomic mass is 35.5. The molecule has 0 radical (unpaired) electrons. The van der Waals surface area contributed by atoms with Gasteiger partial charge >= 0.3 is 0 Å². The van der Waals surface area contributed by atoms with Gasteiger partial charge in [0, 0.05) is 23.8 Å². The molecule has 0 aliphatic rings. The fourth-order valence-corrected chi connectivity index (χ4v) is 3.52. The van der Waals surface area contributed by atoms with E-state index in [1.54, 1.807) is 50.2 Å². The number of halogens is 1. The molecule has 0 spiro atoms. The molecule has 0 bridgehead atoms. The van der Waals surface area contributed by atoms with Crippen molar-refractivity contribution in [1.82, 2.24) is 4.31 Å². The van der Waals surface area contributed by atoms with Gasteiger partial charge in [-0.15, -0.1) is 0 Å². The predicted octanol–water partition coefficient (Wildman–Crippen LogP) is 3.39. The van der Waals surface area contributed by atoms with Gasteiger partial charge in [-0.05, 0) is 62.4 Å². The summed E-state index contributed by atoms with van der Waals surface area (Å²) in [7, 11) is -2.02. The number of carbonyl (C=O) groups excluding carboxylic acids is 1. The zero-order valence-corrected chi connectivity index (χ0v) is 16.3. The Hall–Kier alpha value is -2.09. The second-order valence-corrected chi connectivity index (χ2v) is 8.36. The van der Waals surface area contributed by atoms with Crippen LogP contribution in [0, 0.1) is 0 Å². The number of benzene rings is 2. The number of hydrogen-bond acceptors (Lipinski definition) is 4. The average molecular weight is 397 g/mol. The molecule has 0 heterocycles. The standard InChI is InChI=1S/C18H21ClN2O4S/c1-13(2)21(3)26(23,24)17-10-6-15(7-11-17)20-18(22)12-25-16-8-4-14(19)5-9-16/h4-11,13H,12H2,1-3H3,(H,20,22). The van der Waals surface area contributed by atoms with Crippen LogP contribution in [0.5, 0.6) is 5.75 Å². The maximum Gasteiger partial charge on any atom is 0.262 e. The lowest BCUT2D eigenvalue weighted by molar-refractivity contribution is -0.118. The molecule has 140 valence electrons. The predicted molar refractivity (Wildman–Crippen MR) is 102 cm³/mol. The Labute approximate surface area is 158 Å². The van der Waals surface area contributed by atoms with Crippen molar-refractivity contribution in [3.05, 3.63) is 53.6 Å². The summed E-state index contributed by atoms with van der Waals surface area (Å²) in [6, 6.07) is 12.5. The Bertz CT molecular complexity index is 850. The van der Waals surface area contributed by atoms with Crippen molar-refractivity contribution in [1.29, 1.82) is 0 Å². The largest absolute Gasteiger partial charge is 0.484 e. The van der Waals surface area contributed by atoms with Crippen LogP contribution in [0.1, 0.15) is 13.8 Å². The van der Waals surface area contributed by atoms with Crippen LogP contribution in [0.3, 0.4) is 0 Å². The number of rotatable bonds is 7. The first kappa shape index (κ1) is 20.2. The molecule has 1 N–H and O–H groups in total. The van der Waals surface area contributed by atoms with E-state index in [4.69, 9.17) is 16.3 Å². The molecule has 0 unspecified atom stereocenters. The van der Waals surface area contributed by atoms with Crippen LogP contribution in [-0.4, -0.2) is 38.3 Å². The summed E-state index contributed by atoms with van der Waals surface area (Å²) in [5, 5.41) is 3.24. The van der Waals surface area contributed by atoms with E-state index in [0.717, 1.165) is 0 Å². The first-order valence-electron chi connectivity index (χ1n) is 7.96. The van der Waals surface area contributed by atoms with Gasteiger partial charge in [0.1, 0.15) is 5.75 Å². The molecule has 1 amide bonds. The van der Waals surface area contributed by atoms with Crippen LogP contribution in [0.2, 0.25) is 5.02 Å². The van der Waals surface area contributed by atoms with Crippen molar-refractivity contribution in [3.63, 3.8) is 0 Å². The fraction of sp³-hybridized carbons (Fsp3) is 0.278. The number of anilines is 1. The lowest BCUT2D eigenvalue weighted by Gasteiger charge is -2.21. The van der Waals surface area contributed by atoms with E-state index >= 15 is 0 Å². The number of hydrogen-bond donors (Lipinski definition) is 1. The summed E-state index contributed by atoms with van der Waals surface area (Å²) in [4.78, 5) is 12.1. The van der Waals surface area contributed by atoms with Crippen LogP contribution in [0.15, 0.2) is 53.4 Å². The molecule has 0 aromatic heterocycles. The third-order valence-electron chi connectivity index (χ3n) is 3.73. The highest BCUT2D eigenvalue weighted by Gasteiger charge is 2.22. The molecule has 0 aliphatic carbocycles. The zero-order chi connectivity index (χ0) is 19.3. The Morgan fingerprint density at radius 1 is 1.12 bits per heavy atom. The summed E-state index contributed by atoms with van der Waals surface area (Å²) in [6.45, 7) is 3.43. The smallest absolute Gasteiger partial charge is 0.262 e. The molecule has 26 heavy (non-hydrogen) atoms. The lowest BCUT2D eigenvalue weighted by Crippen LogP contribution is -2.33. The molecular formula is C18H21ClN2O4S.